The van der Waals surface area contributed by atoms with Gasteiger partial charge >= 0.3 is 0 Å². The van der Waals surface area contributed by atoms with Crippen molar-refractivity contribution in [3.63, 3.8) is 0 Å². The molecule has 0 radical (unpaired) electrons. The van der Waals surface area contributed by atoms with Gasteiger partial charge in [-0.25, -0.2) is 0 Å². The first-order chi connectivity index (χ1) is 8.71. The Labute approximate surface area is 106 Å². The van der Waals surface area contributed by atoms with E-state index in [1.165, 1.54) is 0 Å². The average Bonchev–Trinajstić information content (AvgIpc) is 2.85. The van der Waals surface area contributed by atoms with Gasteiger partial charge in [0.2, 0.25) is 0 Å². The van der Waals surface area contributed by atoms with Crippen LogP contribution in [0.3, 0.4) is 0 Å². The van der Waals surface area contributed by atoms with Crippen molar-refractivity contribution < 1.29 is 9.53 Å². The second kappa shape index (κ2) is 4.18. The molecule has 1 aromatic carbocycles. The third-order valence-corrected chi connectivity index (χ3v) is 3.58. The monoisotopic (exact) mass is 241 g/mol. The van der Waals surface area contributed by atoms with Crippen molar-refractivity contribution in [2.24, 2.45) is 0 Å². The van der Waals surface area contributed by atoms with Gasteiger partial charge in [-0.1, -0.05) is 18.2 Å². The van der Waals surface area contributed by atoms with E-state index in [0.29, 0.717) is 12.2 Å². The predicted octanol–water partition coefficient (Wildman–Crippen LogP) is 2.99. The van der Waals surface area contributed by atoms with Crippen LogP contribution in [0.5, 0.6) is 0 Å². The van der Waals surface area contributed by atoms with Crippen LogP contribution in [0.25, 0.3) is 10.9 Å². The molecule has 92 valence electrons. The van der Waals surface area contributed by atoms with E-state index in [4.69, 9.17) is 4.74 Å². The van der Waals surface area contributed by atoms with E-state index in [9.17, 15) is 4.79 Å². The fourth-order valence-electron chi connectivity index (χ4n) is 2.53. The molecule has 0 aliphatic carbocycles. The molecule has 18 heavy (non-hydrogen) atoms. The molecule has 1 aliphatic rings. The lowest BCUT2D eigenvalue weighted by Crippen LogP contribution is -2.34. The van der Waals surface area contributed by atoms with Gasteiger partial charge in [0.25, 0.3) is 0 Å². The van der Waals surface area contributed by atoms with Crippen LogP contribution in [-0.2, 0) is 4.74 Å². The van der Waals surface area contributed by atoms with E-state index in [2.05, 4.69) is 4.98 Å². The number of hydrogen-bond acceptors (Lipinski definition) is 3. The normalized spacial score (nSPS) is 23.4. The van der Waals surface area contributed by atoms with Gasteiger partial charge in [-0.05, 0) is 31.9 Å². The molecule has 3 rings (SSSR count). The highest BCUT2D eigenvalue weighted by atomic mass is 16.5. The van der Waals surface area contributed by atoms with Gasteiger partial charge in [-0.3, -0.25) is 9.78 Å². The third kappa shape index (κ3) is 1.71. The summed E-state index contributed by atoms with van der Waals surface area (Å²) in [5.41, 5.74) is 0.755. The zero-order chi connectivity index (χ0) is 12.6. The Morgan fingerprint density at radius 1 is 1.33 bits per heavy atom. The number of Topliss-reactive ketones (excluding diaryl/α,β-unsaturated/α-hetero) is 1. The molecule has 2 heterocycles. The van der Waals surface area contributed by atoms with E-state index < -0.39 is 5.60 Å². The van der Waals surface area contributed by atoms with Gasteiger partial charge in [0.1, 0.15) is 5.60 Å². The number of ketones is 1. The SMILES string of the molecule is CC1(C(=O)c2cccc3cccnc23)CCCO1. The number of para-hydroxylation sites is 1. The molecule has 1 atom stereocenters. The van der Waals surface area contributed by atoms with Crippen molar-refractivity contribution in [2.75, 3.05) is 6.61 Å². The predicted molar refractivity (Wildman–Crippen MR) is 69.7 cm³/mol. The lowest BCUT2D eigenvalue weighted by molar-refractivity contribution is 0.0215. The number of hydrogen-bond donors (Lipinski definition) is 0. The van der Waals surface area contributed by atoms with Gasteiger partial charge < -0.3 is 4.74 Å². The minimum absolute atomic E-state index is 0.0456. The summed E-state index contributed by atoms with van der Waals surface area (Å²) >= 11 is 0. The quantitative estimate of drug-likeness (QED) is 0.759. The van der Waals surface area contributed by atoms with E-state index in [-0.39, 0.29) is 5.78 Å². The Morgan fingerprint density at radius 3 is 2.94 bits per heavy atom. The number of nitrogens with zero attached hydrogens (tertiary/aromatic N) is 1. The van der Waals surface area contributed by atoms with Gasteiger partial charge in [-0.2, -0.15) is 0 Å². The standard InChI is InChI=1S/C15H15NO2/c1-15(8-4-10-18-15)14(17)12-7-2-5-11-6-3-9-16-13(11)12/h2-3,5-7,9H,4,8,10H2,1H3. The number of carbonyl (C=O) groups excluding carboxylic acids is 1. The summed E-state index contributed by atoms with van der Waals surface area (Å²) in [6.07, 6.45) is 3.45. The molecule has 0 spiro atoms. The molecule has 1 fully saturated rings. The van der Waals surface area contributed by atoms with Gasteiger partial charge in [0.15, 0.2) is 5.78 Å². The first kappa shape index (κ1) is 11.4. The molecular weight excluding hydrogens is 226 g/mol. The molecule has 3 heteroatoms. The fourth-order valence-corrected chi connectivity index (χ4v) is 2.53. The van der Waals surface area contributed by atoms with E-state index in [0.717, 1.165) is 23.7 Å². The third-order valence-electron chi connectivity index (χ3n) is 3.58. The van der Waals surface area contributed by atoms with Crippen LogP contribution in [-0.4, -0.2) is 23.0 Å². The maximum absolute atomic E-state index is 12.6. The van der Waals surface area contributed by atoms with Gasteiger partial charge in [0, 0.05) is 23.8 Å². The van der Waals surface area contributed by atoms with Crippen molar-refractivity contribution in [2.45, 2.75) is 25.4 Å². The smallest absolute Gasteiger partial charge is 0.196 e. The van der Waals surface area contributed by atoms with Crippen LogP contribution in [0.1, 0.15) is 30.1 Å². The second-order valence-corrected chi connectivity index (χ2v) is 4.89. The molecule has 0 amide bonds. The lowest BCUT2D eigenvalue weighted by atomic mass is 9.91. The molecular formula is C15H15NO2. The molecule has 2 aromatic rings. The summed E-state index contributed by atoms with van der Waals surface area (Å²) in [5.74, 6) is 0.0456. The summed E-state index contributed by atoms with van der Waals surface area (Å²) in [6, 6.07) is 9.55. The van der Waals surface area contributed by atoms with Gasteiger partial charge in [0.05, 0.1) is 5.52 Å². The Bertz CT molecular complexity index is 595. The number of ether oxygens (including phenoxy) is 1. The largest absolute Gasteiger partial charge is 0.367 e. The molecule has 0 N–H and O–H groups in total. The molecule has 0 bridgehead atoms. The molecule has 1 aliphatic heterocycles. The highest BCUT2D eigenvalue weighted by Gasteiger charge is 2.38. The van der Waals surface area contributed by atoms with Crippen LogP contribution in [0.2, 0.25) is 0 Å². The first-order valence-corrected chi connectivity index (χ1v) is 6.23. The summed E-state index contributed by atoms with van der Waals surface area (Å²) in [7, 11) is 0. The van der Waals surface area contributed by atoms with Crippen LogP contribution < -0.4 is 0 Å². The fraction of sp³-hybridized carbons (Fsp3) is 0.333. The Morgan fingerprint density at radius 2 is 2.17 bits per heavy atom. The first-order valence-electron chi connectivity index (χ1n) is 6.23. The van der Waals surface area contributed by atoms with Crippen LogP contribution in [0.4, 0.5) is 0 Å². The highest BCUT2D eigenvalue weighted by molar-refractivity contribution is 6.10. The lowest BCUT2D eigenvalue weighted by Gasteiger charge is -2.21. The number of aromatic nitrogens is 1. The molecule has 1 saturated heterocycles. The van der Waals surface area contributed by atoms with Crippen molar-refractivity contribution in [1.82, 2.24) is 4.98 Å². The maximum Gasteiger partial charge on any atom is 0.196 e. The minimum Gasteiger partial charge on any atom is -0.367 e. The van der Waals surface area contributed by atoms with E-state index in [1.54, 1.807) is 6.20 Å². The second-order valence-electron chi connectivity index (χ2n) is 4.89. The minimum atomic E-state index is -0.675. The molecule has 1 unspecified atom stereocenters. The molecule has 1 aromatic heterocycles. The summed E-state index contributed by atoms with van der Waals surface area (Å²) in [4.78, 5) is 16.9. The van der Waals surface area contributed by atoms with Crippen molar-refractivity contribution >= 4 is 16.7 Å². The van der Waals surface area contributed by atoms with Crippen LogP contribution in [0, 0.1) is 0 Å². The number of benzene rings is 1. The van der Waals surface area contributed by atoms with Crippen molar-refractivity contribution in [1.29, 1.82) is 0 Å². The Balaban J connectivity index is 2.12. The zero-order valence-corrected chi connectivity index (χ0v) is 10.3. The number of carbonyl (C=O) groups is 1. The van der Waals surface area contributed by atoms with Gasteiger partial charge in [-0.15, -0.1) is 0 Å². The van der Waals surface area contributed by atoms with Crippen LogP contribution >= 0.6 is 0 Å². The van der Waals surface area contributed by atoms with Crippen molar-refractivity contribution in [3.05, 3.63) is 42.1 Å². The number of pyridine rings is 1. The summed E-state index contributed by atoms with van der Waals surface area (Å²) < 4.78 is 5.63. The maximum atomic E-state index is 12.6. The average molecular weight is 241 g/mol. The topological polar surface area (TPSA) is 39.2 Å². The zero-order valence-electron chi connectivity index (χ0n) is 10.3. The van der Waals surface area contributed by atoms with E-state index >= 15 is 0 Å². The Hall–Kier alpha value is -1.74. The van der Waals surface area contributed by atoms with Crippen LogP contribution in [0.15, 0.2) is 36.5 Å². The summed E-state index contributed by atoms with van der Waals surface area (Å²) in [6.45, 7) is 2.55. The molecule has 0 saturated carbocycles. The Kier molecular flexibility index (Phi) is 2.63. The van der Waals surface area contributed by atoms with E-state index in [1.807, 2.05) is 37.3 Å². The van der Waals surface area contributed by atoms with Crippen molar-refractivity contribution in [3.8, 4) is 0 Å². The molecule has 3 nitrogen and oxygen atoms in total. The highest BCUT2D eigenvalue weighted by Crippen LogP contribution is 2.30. The number of rotatable bonds is 2. The summed E-state index contributed by atoms with van der Waals surface area (Å²) in [5, 5.41) is 0.991. The number of fused-ring (bicyclic) bond motifs is 1.